The van der Waals surface area contributed by atoms with Gasteiger partial charge in [0.15, 0.2) is 11.5 Å². The number of halogens is 1. The zero-order valence-corrected chi connectivity index (χ0v) is 13.9. The quantitative estimate of drug-likeness (QED) is 0.913. The van der Waals surface area contributed by atoms with Gasteiger partial charge in [-0.3, -0.25) is 4.79 Å². The number of anilines is 2. The summed E-state index contributed by atoms with van der Waals surface area (Å²) in [6.45, 7) is 2.86. The molecule has 0 unspecified atom stereocenters. The van der Waals surface area contributed by atoms with Crippen LogP contribution in [0.1, 0.15) is 10.5 Å². The first-order valence-corrected chi connectivity index (χ1v) is 7.86. The molecule has 0 aliphatic carbocycles. The number of methoxy groups -OCH3 is 1. The van der Waals surface area contributed by atoms with Crippen LogP contribution in [0.25, 0.3) is 0 Å². The van der Waals surface area contributed by atoms with E-state index in [0.717, 1.165) is 18.9 Å². The Morgan fingerprint density at radius 3 is 2.71 bits per heavy atom. The number of rotatable bonds is 4. The third kappa shape index (κ3) is 3.74. The first kappa shape index (κ1) is 16.5. The van der Waals surface area contributed by atoms with Gasteiger partial charge in [0.25, 0.3) is 5.91 Å². The molecular formula is C16H17ClN4O3. The van der Waals surface area contributed by atoms with Crippen LogP contribution >= 0.6 is 11.6 Å². The average molecular weight is 349 g/mol. The van der Waals surface area contributed by atoms with Gasteiger partial charge in [-0.2, -0.15) is 0 Å². The van der Waals surface area contributed by atoms with E-state index in [2.05, 4.69) is 20.4 Å². The minimum Gasteiger partial charge on any atom is -0.495 e. The van der Waals surface area contributed by atoms with E-state index in [1.54, 1.807) is 30.3 Å². The lowest BCUT2D eigenvalue weighted by molar-refractivity contribution is 0.102. The second-order valence-corrected chi connectivity index (χ2v) is 5.61. The summed E-state index contributed by atoms with van der Waals surface area (Å²) >= 11 is 5.96. The number of ether oxygens (including phenoxy) is 2. The van der Waals surface area contributed by atoms with Crippen LogP contribution in [-0.2, 0) is 4.74 Å². The smallest absolute Gasteiger partial charge is 0.276 e. The number of carbonyl (C=O) groups is 1. The summed E-state index contributed by atoms with van der Waals surface area (Å²) in [5.41, 5.74) is 0.697. The van der Waals surface area contributed by atoms with Crippen LogP contribution in [0.3, 0.4) is 0 Å². The largest absolute Gasteiger partial charge is 0.495 e. The highest BCUT2D eigenvalue weighted by Gasteiger charge is 2.15. The first-order chi connectivity index (χ1) is 11.7. The van der Waals surface area contributed by atoms with Crippen LogP contribution < -0.4 is 15.0 Å². The minimum absolute atomic E-state index is 0.217. The second kappa shape index (κ2) is 7.46. The van der Waals surface area contributed by atoms with Gasteiger partial charge in [-0.25, -0.2) is 0 Å². The maximum atomic E-state index is 12.3. The molecule has 8 heteroatoms. The summed E-state index contributed by atoms with van der Waals surface area (Å²) < 4.78 is 10.5. The van der Waals surface area contributed by atoms with E-state index in [-0.39, 0.29) is 11.6 Å². The molecule has 1 saturated heterocycles. The van der Waals surface area contributed by atoms with Gasteiger partial charge in [0.05, 0.1) is 26.0 Å². The lowest BCUT2D eigenvalue weighted by atomic mass is 10.2. The van der Waals surface area contributed by atoms with E-state index in [1.807, 2.05) is 0 Å². The second-order valence-electron chi connectivity index (χ2n) is 5.17. The molecule has 0 saturated carbocycles. The van der Waals surface area contributed by atoms with Crippen molar-refractivity contribution in [2.75, 3.05) is 43.6 Å². The Morgan fingerprint density at radius 1 is 1.25 bits per heavy atom. The average Bonchev–Trinajstić information content (AvgIpc) is 2.63. The lowest BCUT2D eigenvalue weighted by Crippen LogP contribution is -2.37. The van der Waals surface area contributed by atoms with Gasteiger partial charge >= 0.3 is 0 Å². The molecule has 1 amide bonds. The number of aromatic nitrogens is 2. The third-order valence-electron chi connectivity index (χ3n) is 3.63. The molecule has 1 aliphatic heterocycles. The number of hydrogen-bond acceptors (Lipinski definition) is 6. The summed E-state index contributed by atoms with van der Waals surface area (Å²) in [5, 5.41) is 11.4. The molecule has 1 aliphatic rings. The van der Waals surface area contributed by atoms with Gasteiger partial charge < -0.3 is 19.7 Å². The van der Waals surface area contributed by atoms with Crippen molar-refractivity contribution >= 4 is 29.0 Å². The molecule has 1 fully saturated rings. The van der Waals surface area contributed by atoms with Crippen molar-refractivity contribution in [3.05, 3.63) is 41.0 Å². The molecule has 0 spiro atoms. The molecule has 0 bridgehead atoms. The molecule has 126 valence electrons. The van der Waals surface area contributed by atoms with Gasteiger partial charge in [-0.1, -0.05) is 11.6 Å². The Bertz CT molecular complexity index is 718. The molecule has 1 N–H and O–H groups in total. The van der Waals surface area contributed by atoms with Crippen LogP contribution in [0, 0.1) is 0 Å². The zero-order chi connectivity index (χ0) is 16.9. The van der Waals surface area contributed by atoms with Gasteiger partial charge in [0.1, 0.15) is 5.75 Å². The number of nitrogens with one attached hydrogen (secondary N) is 1. The normalized spacial score (nSPS) is 14.3. The molecule has 24 heavy (non-hydrogen) atoms. The van der Waals surface area contributed by atoms with Crippen molar-refractivity contribution in [2.24, 2.45) is 0 Å². The predicted octanol–water partition coefficient (Wildman–Crippen LogP) is 2.23. The van der Waals surface area contributed by atoms with Crippen LogP contribution in [-0.4, -0.2) is 49.5 Å². The third-order valence-corrected chi connectivity index (χ3v) is 3.86. The lowest BCUT2D eigenvalue weighted by Gasteiger charge is -2.27. The Labute approximate surface area is 144 Å². The molecule has 2 heterocycles. The predicted molar refractivity (Wildman–Crippen MR) is 91.0 cm³/mol. The van der Waals surface area contributed by atoms with Crippen molar-refractivity contribution < 1.29 is 14.3 Å². The van der Waals surface area contributed by atoms with E-state index in [1.165, 1.54) is 7.11 Å². The fourth-order valence-electron chi connectivity index (χ4n) is 2.37. The van der Waals surface area contributed by atoms with E-state index >= 15 is 0 Å². The molecular weight excluding hydrogens is 332 g/mol. The number of amides is 1. The molecule has 2 aromatic rings. The van der Waals surface area contributed by atoms with Crippen LogP contribution in [0.4, 0.5) is 11.5 Å². The zero-order valence-electron chi connectivity index (χ0n) is 13.2. The summed E-state index contributed by atoms with van der Waals surface area (Å²) in [7, 11) is 1.52. The monoisotopic (exact) mass is 348 g/mol. The van der Waals surface area contributed by atoms with Crippen molar-refractivity contribution in [1.29, 1.82) is 0 Å². The van der Waals surface area contributed by atoms with Gasteiger partial charge in [0, 0.05) is 18.1 Å². The number of hydrogen-bond donors (Lipinski definition) is 1. The number of morpholine rings is 1. The SMILES string of the molecule is COc1ccc(Cl)cc1NC(=O)c1ccc(N2CCOCC2)nn1. The first-order valence-electron chi connectivity index (χ1n) is 7.48. The molecule has 1 aromatic heterocycles. The molecule has 1 aromatic carbocycles. The molecule has 3 rings (SSSR count). The van der Waals surface area contributed by atoms with Crippen LogP contribution in [0.2, 0.25) is 5.02 Å². The summed E-state index contributed by atoms with van der Waals surface area (Å²) in [5.74, 6) is 0.873. The van der Waals surface area contributed by atoms with Crippen molar-refractivity contribution in [1.82, 2.24) is 10.2 Å². The number of nitrogens with zero attached hydrogens (tertiary/aromatic N) is 3. The Balaban J connectivity index is 1.72. The summed E-state index contributed by atoms with van der Waals surface area (Å²) in [6.07, 6.45) is 0. The maximum absolute atomic E-state index is 12.3. The highest BCUT2D eigenvalue weighted by Crippen LogP contribution is 2.28. The molecule has 0 atom stereocenters. The Hall–Kier alpha value is -2.38. The minimum atomic E-state index is -0.378. The van der Waals surface area contributed by atoms with Crippen molar-refractivity contribution in [3.63, 3.8) is 0 Å². The topological polar surface area (TPSA) is 76.6 Å². The van der Waals surface area contributed by atoms with Crippen LogP contribution in [0.5, 0.6) is 5.75 Å². The van der Waals surface area contributed by atoms with E-state index in [9.17, 15) is 4.79 Å². The molecule has 7 nitrogen and oxygen atoms in total. The highest BCUT2D eigenvalue weighted by molar-refractivity contribution is 6.31. The molecule has 0 radical (unpaired) electrons. The van der Waals surface area contributed by atoms with Gasteiger partial charge in [-0.05, 0) is 30.3 Å². The fourth-order valence-corrected chi connectivity index (χ4v) is 2.54. The van der Waals surface area contributed by atoms with Crippen molar-refractivity contribution in [2.45, 2.75) is 0 Å². The standard InChI is InChI=1S/C16H17ClN4O3/c1-23-14-4-2-11(17)10-13(14)18-16(22)12-3-5-15(20-19-12)21-6-8-24-9-7-21/h2-5,10H,6-9H2,1H3,(H,18,22). The van der Waals surface area contributed by atoms with Crippen molar-refractivity contribution in [3.8, 4) is 5.75 Å². The van der Waals surface area contributed by atoms with E-state index < -0.39 is 0 Å². The summed E-state index contributed by atoms with van der Waals surface area (Å²) in [4.78, 5) is 14.4. The van der Waals surface area contributed by atoms with Gasteiger partial charge in [-0.15, -0.1) is 10.2 Å². The van der Waals surface area contributed by atoms with E-state index in [0.29, 0.717) is 29.7 Å². The van der Waals surface area contributed by atoms with Crippen LogP contribution in [0.15, 0.2) is 30.3 Å². The van der Waals surface area contributed by atoms with E-state index in [4.69, 9.17) is 21.1 Å². The van der Waals surface area contributed by atoms with Gasteiger partial charge in [0.2, 0.25) is 0 Å². The highest BCUT2D eigenvalue weighted by atomic mass is 35.5. The maximum Gasteiger partial charge on any atom is 0.276 e. The summed E-state index contributed by atoms with van der Waals surface area (Å²) in [6, 6.07) is 8.42. The Morgan fingerprint density at radius 2 is 2.04 bits per heavy atom. The number of carbonyl (C=O) groups excluding carboxylic acids is 1. The Kier molecular flexibility index (Phi) is 5.12. The fraction of sp³-hybridized carbons (Fsp3) is 0.312. The number of benzene rings is 1.